The molecule has 3 rings (SSSR count). The van der Waals surface area contributed by atoms with Crippen LogP contribution in [-0.2, 0) is 6.42 Å². The van der Waals surface area contributed by atoms with Gasteiger partial charge in [0.2, 0.25) is 0 Å². The van der Waals surface area contributed by atoms with Crippen LogP contribution < -0.4 is 4.74 Å². The molecule has 1 aliphatic heterocycles. The maximum absolute atomic E-state index is 10.2. The second kappa shape index (κ2) is 4.61. The molecular weight excluding hydrogens is 260 g/mol. The van der Waals surface area contributed by atoms with Gasteiger partial charge in [-0.25, -0.2) is 0 Å². The first-order valence-electron chi connectivity index (χ1n) is 6.23. The van der Waals surface area contributed by atoms with Crippen molar-refractivity contribution in [2.24, 2.45) is 0 Å². The van der Waals surface area contributed by atoms with Crippen LogP contribution in [0.15, 0.2) is 36.4 Å². The Balaban J connectivity index is 1.98. The third-order valence-electron chi connectivity index (χ3n) is 3.45. The molecule has 0 aromatic heterocycles. The third kappa shape index (κ3) is 2.02. The second-order valence-electron chi connectivity index (χ2n) is 4.81. The number of fused-ring (bicyclic) bond motifs is 1. The van der Waals surface area contributed by atoms with Gasteiger partial charge in [0.15, 0.2) is 11.5 Å². The number of hydrogen-bond donors (Lipinski definition) is 4. The summed E-state index contributed by atoms with van der Waals surface area (Å²) < 4.78 is 5.70. The Labute approximate surface area is 115 Å². The quantitative estimate of drug-likeness (QED) is 0.596. The van der Waals surface area contributed by atoms with Gasteiger partial charge in [-0.15, -0.1) is 0 Å². The molecule has 0 bridgehead atoms. The van der Waals surface area contributed by atoms with Crippen molar-refractivity contribution < 1.29 is 25.2 Å². The molecule has 20 heavy (non-hydrogen) atoms. The number of hydrogen-bond acceptors (Lipinski definition) is 5. The number of benzene rings is 2. The van der Waals surface area contributed by atoms with E-state index in [1.165, 1.54) is 12.1 Å². The van der Waals surface area contributed by atoms with Gasteiger partial charge in [0, 0.05) is 12.0 Å². The molecule has 2 aromatic rings. The highest BCUT2D eigenvalue weighted by Crippen LogP contribution is 2.40. The van der Waals surface area contributed by atoms with Crippen LogP contribution in [0.25, 0.3) is 0 Å². The summed E-state index contributed by atoms with van der Waals surface area (Å²) in [6.07, 6.45) is -1.25. The van der Waals surface area contributed by atoms with E-state index in [1.807, 2.05) is 0 Å². The zero-order valence-corrected chi connectivity index (χ0v) is 10.5. The van der Waals surface area contributed by atoms with Gasteiger partial charge in [-0.2, -0.15) is 0 Å². The smallest absolute Gasteiger partial charge is 0.157 e. The Morgan fingerprint density at radius 3 is 2.50 bits per heavy atom. The number of aliphatic hydroxyl groups is 1. The summed E-state index contributed by atoms with van der Waals surface area (Å²) in [6.45, 7) is 0. The fourth-order valence-corrected chi connectivity index (χ4v) is 2.41. The Morgan fingerprint density at radius 2 is 1.75 bits per heavy atom. The Bertz CT molecular complexity index is 653. The molecule has 1 aliphatic rings. The number of ether oxygens (including phenoxy) is 1. The van der Waals surface area contributed by atoms with Gasteiger partial charge < -0.3 is 25.2 Å². The van der Waals surface area contributed by atoms with Gasteiger partial charge in [0.05, 0.1) is 6.10 Å². The molecule has 1 heterocycles. The van der Waals surface area contributed by atoms with Crippen molar-refractivity contribution in [2.75, 3.05) is 0 Å². The van der Waals surface area contributed by atoms with Gasteiger partial charge in [-0.3, -0.25) is 0 Å². The standard InChI is InChI=1S/C15H14O5/c16-10-2-1-3-14-9(10)7-13(19)15(20-14)8-4-5-11(17)12(18)6-8/h1-6,13,15-19H,7H2/t13-,15-/m0/s1. The van der Waals surface area contributed by atoms with Crippen LogP contribution in [0, 0.1) is 0 Å². The van der Waals surface area contributed by atoms with Crippen LogP contribution in [0.3, 0.4) is 0 Å². The SMILES string of the molecule is Oc1ccc([C@@H]2Oc3cccc(O)c3C[C@@H]2O)cc1O. The number of rotatable bonds is 1. The molecule has 0 saturated carbocycles. The largest absolute Gasteiger partial charge is 0.508 e. The molecule has 0 spiro atoms. The monoisotopic (exact) mass is 274 g/mol. The summed E-state index contributed by atoms with van der Waals surface area (Å²) in [4.78, 5) is 0. The van der Waals surface area contributed by atoms with Crippen molar-refractivity contribution in [1.29, 1.82) is 0 Å². The van der Waals surface area contributed by atoms with E-state index in [9.17, 15) is 20.4 Å². The van der Waals surface area contributed by atoms with E-state index < -0.39 is 12.2 Å². The number of aliphatic hydroxyl groups excluding tert-OH is 1. The number of aromatic hydroxyl groups is 3. The summed E-state index contributed by atoms with van der Waals surface area (Å²) in [7, 11) is 0. The fraction of sp³-hybridized carbons (Fsp3) is 0.200. The average molecular weight is 274 g/mol. The van der Waals surface area contributed by atoms with Gasteiger partial charge in [-0.1, -0.05) is 12.1 Å². The van der Waals surface area contributed by atoms with Crippen molar-refractivity contribution in [2.45, 2.75) is 18.6 Å². The highest BCUT2D eigenvalue weighted by molar-refractivity contribution is 5.48. The zero-order valence-electron chi connectivity index (χ0n) is 10.5. The van der Waals surface area contributed by atoms with Crippen LogP contribution >= 0.6 is 0 Å². The van der Waals surface area contributed by atoms with Crippen molar-refractivity contribution in [3.8, 4) is 23.0 Å². The molecule has 0 radical (unpaired) electrons. The van der Waals surface area contributed by atoms with E-state index >= 15 is 0 Å². The number of phenols is 3. The second-order valence-corrected chi connectivity index (χ2v) is 4.81. The highest BCUT2D eigenvalue weighted by atomic mass is 16.5. The van der Waals surface area contributed by atoms with Gasteiger partial charge in [0.1, 0.15) is 17.6 Å². The van der Waals surface area contributed by atoms with Gasteiger partial charge >= 0.3 is 0 Å². The van der Waals surface area contributed by atoms with Crippen LogP contribution in [-0.4, -0.2) is 26.5 Å². The van der Waals surface area contributed by atoms with Crippen molar-refractivity contribution in [3.63, 3.8) is 0 Å². The molecule has 0 amide bonds. The molecule has 2 atom stereocenters. The van der Waals surface area contributed by atoms with E-state index in [1.54, 1.807) is 24.3 Å². The highest BCUT2D eigenvalue weighted by Gasteiger charge is 2.31. The molecule has 0 fully saturated rings. The molecule has 5 nitrogen and oxygen atoms in total. The predicted molar refractivity (Wildman–Crippen MR) is 71.0 cm³/mol. The maximum atomic E-state index is 10.2. The molecule has 0 aliphatic carbocycles. The summed E-state index contributed by atoms with van der Waals surface area (Å²) in [6, 6.07) is 9.21. The van der Waals surface area contributed by atoms with E-state index in [0.29, 0.717) is 16.9 Å². The predicted octanol–water partition coefficient (Wildman–Crippen LogP) is 1.84. The van der Waals surface area contributed by atoms with Crippen molar-refractivity contribution in [1.82, 2.24) is 0 Å². The van der Waals surface area contributed by atoms with Gasteiger partial charge in [-0.05, 0) is 29.8 Å². The minimum atomic E-state index is -0.847. The zero-order chi connectivity index (χ0) is 14.3. The van der Waals surface area contributed by atoms with Crippen molar-refractivity contribution in [3.05, 3.63) is 47.5 Å². The third-order valence-corrected chi connectivity index (χ3v) is 3.45. The summed E-state index contributed by atoms with van der Waals surface area (Å²) in [5, 5.41) is 38.8. The first-order chi connectivity index (χ1) is 9.56. The molecule has 0 saturated heterocycles. The summed E-state index contributed by atoms with van der Waals surface area (Å²) >= 11 is 0. The number of phenolic OH excluding ortho intramolecular Hbond substituents is 3. The Kier molecular flexibility index (Phi) is 2.91. The van der Waals surface area contributed by atoms with E-state index in [0.717, 1.165) is 0 Å². The van der Waals surface area contributed by atoms with Crippen LogP contribution in [0.5, 0.6) is 23.0 Å². The molecule has 4 N–H and O–H groups in total. The normalized spacial score (nSPS) is 21.1. The van der Waals surface area contributed by atoms with Crippen LogP contribution in [0.4, 0.5) is 0 Å². The minimum Gasteiger partial charge on any atom is -0.508 e. The fourth-order valence-electron chi connectivity index (χ4n) is 2.41. The Morgan fingerprint density at radius 1 is 0.950 bits per heavy atom. The lowest BCUT2D eigenvalue weighted by Crippen LogP contribution is -2.30. The minimum absolute atomic E-state index is 0.0913. The van der Waals surface area contributed by atoms with E-state index in [-0.39, 0.29) is 23.7 Å². The molecule has 104 valence electrons. The molecule has 0 unspecified atom stereocenters. The van der Waals surface area contributed by atoms with Crippen LogP contribution in [0.1, 0.15) is 17.2 Å². The van der Waals surface area contributed by atoms with E-state index in [2.05, 4.69) is 0 Å². The maximum Gasteiger partial charge on any atom is 0.157 e. The lowest BCUT2D eigenvalue weighted by atomic mass is 9.94. The van der Waals surface area contributed by atoms with Crippen LogP contribution in [0.2, 0.25) is 0 Å². The first kappa shape index (κ1) is 12.6. The topological polar surface area (TPSA) is 90.2 Å². The summed E-state index contributed by atoms with van der Waals surface area (Å²) in [5.74, 6) is 0.110. The van der Waals surface area contributed by atoms with Crippen molar-refractivity contribution >= 4 is 0 Å². The average Bonchev–Trinajstić information content (AvgIpc) is 2.42. The molecule has 5 heteroatoms. The first-order valence-corrected chi connectivity index (χ1v) is 6.23. The molecule has 2 aromatic carbocycles. The lowest BCUT2D eigenvalue weighted by Gasteiger charge is -2.31. The Hall–Kier alpha value is -2.40. The lowest BCUT2D eigenvalue weighted by molar-refractivity contribution is 0.0199. The summed E-state index contributed by atoms with van der Waals surface area (Å²) in [5.41, 5.74) is 1.13. The van der Waals surface area contributed by atoms with E-state index in [4.69, 9.17) is 4.74 Å². The van der Waals surface area contributed by atoms with Gasteiger partial charge in [0.25, 0.3) is 0 Å². The molecular formula is C15H14O5.